The van der Waals surface area contributed by atoms with Crippen LogP contribution in [0.1, 0.15) is 60.4 Å². The van der Waals surface area contributed by atoms with Crippen molar-refractivity contribution in [3.8, 4) is 5.88 Å². The Labute approximate surface area is 269 Å². The van der Waals surface area contributed by atoms with E-state index in [1.54, 1.807) is 41.0 Å². The molecule has 0 saturated heterocycles. The lowest BCUT2D eigenvalue weighted by atomic mass is 9.84. The summed E-state index contributed by atoms with van der Waals surface area (Å²) in [5.41, 5.74) is 6.45. The highest BCUT2D eigenvalue weighted by Gasteiger charge is 2.36. The first-order valence-electron chi connectivity index (χ1n) is 15.3. The van der Waals surface area contributed by atoms with Gasteiger partial charge in [0.2, 0.25) is 11.8 Å². The Morgan fingerprint density at radius 1 is 1.09 bits per heavy atom. The molecule has 5 aromatic rings. The molecule has 4 heterocycles. The maximum absolute atomic E-state index is 13.5. The van der Waals surface area contributed by atoms with Crippen molar-refractivity contribution in [2.45, 2.75) is 70.5 Å². The third-order valence-electron chi connectivity index (χ3n) is 8.54. The molecule has 3 aromatic heterocycles. The Bertz CT molecular complexity index is 1870. The van der Waals surface area contributed by atoms with Crippen LogP contribution in [-0.4, -0.2) is 62.1 Å². The minimum Gasteiger partial charge on any atom is -0.472 e. The van der Waals surface area contributed by atoms with Crippen LogP contribution in [0.25, 0.3) is 11.0 Å². The molecule has 0 unspecified atom stereocenters. The number of pyridine rings is 1. The van der Waals surface area contributed by atoms with Gasteiger partial charge in [-0.1, -0.05) is 36.4 Å². The molecule has 13 heteroatoms. The fourth-order valence-electron chi connectivity index (χ4n) is 5.92. The maximum atomic E-state index is 13.5. The Morgan fingerprint density at radius 2 is 1.91 bits per heavy atom. The van der Waals surface area contributed by atoms with Crippen molar-refractivity contribution in [1.82, 2.24) is 34.5 Å². The number of nitrogens with one attached hydrogen (secondary N) is 1. The molecule has 0 fully saturated rings. The number of anilines is 1. The summed E-state index contributed by atoms with van der Waals surface area (Å²) < 4.78 is 32.8. The van der Waals surface area contributed by atoms with Gasteiger partial charge in [0, 0.05) is 37.8 Å². The highest BCUT2D eigenvalue weighted by atomic mass is 32.3. The van der Waals surface area contributed by atoms with Gasteiger partial charge < -0.3 is 10.1 Å². The first kappa shape index (κ1) is 31.5. The van der Waals surface area contributed by atoms with Crippen molar-refractivity contribution in [3.63, 3.8) is 0 Å². The Balaban J connectivity index is 1.39. The van der Waals surface area contributed by atoms with E-state index in [1.807, 2.05) is 56.6 Å². The molecule has 46 heavy (non-hydrogen) atoms. The van der Waals surface area contributed by atoms with Crippen molar-refractivity contribution in [3.05, 3.63) is 94.8 Å². The standard InChI is InChI=1S/C33H38N8O4S/c1-5-25-20-40(46(43,44)29-9-7-15-34-33(29)45-25)19-24-17-23(12-11-21(24)3)27(18-31(42)36-30-10-8-16-35-37-30)26-13-14-28-32(22(26)4)38-39-41(28)6-2/h7-17,25,27,43-44H,5-6,18-20H2,1-4H3,(H,36,37,42)/t25-,27+/m1/s1. The summed E-state index contributed by atoms with van der Waals surface area (Å²) in [4.78, 5) is 18.0. The maximum Gasteiger partial charge on any atom is 0.239 e. The van der Waals surface area contributed by atoms with Crippen molar-refractivity contribution in [1.29, 1.82) is 0 Å². The van der Waals surface area contributed by atoms with Crippen LogP contribution in [0, 0.1) is 13.8 Å². The number of carbonyl (C=O) groups excluding carboxylic acids is 1. The second-order valence-corrected chi connectivity index (χ2v) is 13.4. The number of rotatable bonds is 9. The minimum absolute atomic E-state index is 0.136. The summed E-state index contributed by atoms with van der Waals surface area (Å²) in [5, 5.41) is 19.5. The van der Waals surface area contributed by atoms with E-state index < -0.39 is 10.8 Å². The molecule has 0 spiro atoms. The molecule has 12 nitrogen and oxygen atoms in total. The lowest BCUT2D eigenvalue weighted by Gasteiger charge is -2.41. The van der Waals surface area contributed by atoms with Gasteiger partial charge in [-0.25, -0.2) is 9.67 Å². The first-order chi connectivity index (χ1) is 22.2. The van der Waals surface area contributed by atoms with Crippen LogP contribution in [0.3, 0.4) is 0 Å². The molecule has 0 radical (unpaired) electrons. The van der Waals surface area contributed by atoms with Crippen molar-refractivity contribution >= 4 is 33.5 Å². The molecule has 240 valence electrons. The number of nitrogens with zero attached hydrogens (tertiary/aromatic N) is 7. The average molecular weight is 643 g/mol. The summed E-state index contributed by atoms with van der Waals surface area (Å²) in [7, 11) is -3.40. The summed E-state index contributed by atoms with van der Waals surface area (Å²) in [5.74, 6) is 0.0801. The van der Waals surface area contributed by atoms with Gasteiger partial charge in [0.1, 0.15) is 16.5 Å². The molecular weight excluding hydrogens is 604 g/mol. The lowest BCUT2D eigenvalue weighted by Crippen LogP contribution is -2.34. The van der Waals surface area contributed by atoms with Crippen LogP contribution in [0.2, 0.25) is 0 Å². The number of fused-ring (bicyclic) bond motifs is 2. The molecule has 1 amide bonds. The van der Waals surface area contributed by atoms with Crippen LogP contribution in [0.4, 0.5) is 5.82 Å². The van der Waals surface area contributed by atoms with Crippen molar-refractivity contribution in [2.75, 3.05) is 11.9 Å². The van der Waals surface area contributed by atoms with Gasteiger partial charge in [0.15, 0.2) is 5.82 Å². The minimum atomic E-state index is -3.40. The number of ether oxygens (including phenoxy) is 1. The molecule has 2 aromatic carbocycles. The molecule has 6 rings (SSSR count). The van der Waals surface area contributed by atoms with E-state index >= 15 is 0 Å². The van der Waals surface area contributed by atoms with E-state index in [-0.39, 0.29) is 41.7 Å². The number of carbonyl (C=O) groups is 1. The molecule has 0 aliphatic carbocycles. The van der Waals surface area contributed by atoms with Crippen LogP contribution >= 0.6 is 10.8 Å². The Morgan fingerprint density at radius 3 is 2.67 bits per heavy atom. The number of aryl methyl sites for hydroxylation is 3. The third kappa shape index (κ3) is 6.18. The number of amides is 1. The molecular formula is C33H38N8O4S. The van der Waals surface area contributed by atoms with E-state index in [1.165, 1.54) is 0 Å². The summed E-state index contributed by atoms with van der Waals surface area (Å²) in [6, 6.07) is 16.9. The van der Waals surface area contributed by atoms with E-state index in [9.17, 15) is 13.9 Å². The topological polar surface area (TPSA) is 151 Å². The third-order valence-corrected chi connectivity index (χ3v) is 10.4. The lowest BCUT2D eigenvalue weighted by molar-refractivity contribution is -0.116. The zero-order valence-corrected chi connectivity index (χ0v) is 27.1. The molecule has 1 aliphatic rings. The summed E-state index contributed by atoms with van der Waals surface area (Å²) in [6.45, 7) is 9.31. The van der Waals surface area contributed by atoms with Gasteiger partial charge in [0.05, 0.1) is 12.1 Å². The van der Waals surface area contributed by atoms with E-state index in [0.29, 0.717) is 25.3 Å². The van der Waals surface area contributed by atoms with Crippen molar-refractivity contribution in [2.24, 2.45) is 0 Å². The monoisotopic (exact) mass is 642 g/mol. The van der Waals surface area contributed by atoms with Gasteiger partial charge in [-0.05, 0) is 85.3 Å². The van der Waals surface area contributed by atoms with Gasteiger partial charge >= 0.3 is 0 Å². The summed E-state index contributed by atoms with van der Waals surface area (Å²) >= 11 is 0. The van der Waals surface area contributed by atoms with Crippen LogP contribution in [0.5, 0.6) is 5.88 Å². The largest absolute Gasteiger partial charge is 0.472 e. The fourth-order valence-corrected chi connectivity index (χ4v) is 7.49. The smallest absolute Gasteiger partial charge is 0.239 e. The van der Waals surface area contributed by atoms with E-state index in [0.717, 1.165) is 38.9 Å². The van der Waals surface area contributed by atoms with Gasteiger partial charge in [-0.2, -0.15) is 9.40 Å². The first-order valence-corrected chi connectivity index (χ1v) is 16.8. The number of aromatic nitrogens is 6. The molecule has 0 bridgehead atoms. The SMILES string of the molecule is CC[C@@H]1CN(Cc2cc([C@H](CC(=O)Nc3cccnn3)c3ccc4c(nnn4CC)c3C)ccc2C)S(O)(O)c2cccnc2O1. The summed E-state index contributed by atoms with van der Waals surface area (Å²) in [6.07, 6.45) is 3.69. The molecule has 2 atom stereocenters. The van der Waals surface area contributed by atoms with E-state index in [4.69, 9.17) is 4.74 Å². The van der Waals surface area contributed by atoms with E-state index in [2.05, 4.69) is 36.9 Å². The van der Waals surface area contributed by atoms with Gasteiger partial charge in [-0.3, -0.25) is 13.9 Å². The fraction of sp³-hybridized carbons (Fsp3) is 0.333. The van der Waals surface area contributed by atoms with Crippen LogP contribution in [0.15, 0.2) is 71.9 Å². The van der Waals surface area contributed by atoms with Crippen LogP contribution < -0.4 is 10.1 Å². The highest BCUT2D eigenvalue weighted by Crippen LogP contribution is 2.57. The zero-order chi connectivity index (χ0) is 32.4. The Kier molecular flexibility index (Phi) is 9.00. The molecule has 0 saturated carbocycles. The highest BCUT2D eigenvalue weighted by molar-refractivity contribution is 8.22. The second-order valence-electron chi connectivity index (χ2n) is 11.4. The zero-order valence-electron chi connectivity index (χ0n) is 26.3. The second kappa shape index (κ2) is 13.1. The number of hydrogen-bond donors (Lipinski definition) is 3. The normalized spacial score (nSPS) is 17.5. The molecule has 1 aliphatic heterocycles. The average Bonchev–Trinajstić information content (AvgIpc) is 3.45. The number of hydrogen-bond acceptors (Lipinski definition) is 10. The van der Waals surface area contributed by atoms with Crippen LogP contribution in [-0.2, 0) is 17.9 Å². The number of benzene rings is 2. The molecule has 3 N–H and O–H groups in total. The van der Waals surface area contributed by atoms with Gasteiger partial charge in [0.25, 0.3) is 0 Å². The Hall–Kier alpha value is -4.43. The quantitative estimate of drug-likeness (QED) is 0.172. The predicted octanol–water partition coefficient (Wildman–Crippen LogP) is 6.11. The van der Waals surface area contributed by atoms with Gasteiger partial charge in [-0.15, -0.1) is 21.0 Å². The van der Waals surface area contributed by atoms with Crippen molar-refractivity contribution < 1.29 is 18.6 Å². The predicted molar refractivity (Wildman–Crippen MR) is 177 cm³/mol.